The second-order valence-corrected chi connectivity index (χ2v) is 6.12. The summed E-state index contributed by atoms with van der Waals surface area (Å²) in [5, 5.41) is 3.37. The van der Waals surface area contributed by atoms with Crippen LogP contribution in [0.15, 0.2) is 54.6 Å². The number of primary amides is 1. The first-order chi connectivity index (χ1) is 11.2. The van der Waals surface area contributed by atoms with Crippen LogP contribution in [-0.2, 0) is 4.79 Å². The van der Waals surface area contributed by atoms with Crippen molar-refractivity contribution in [3.8, 4) is 0 Å². The molecule has 0 saturated carbocycles. The van der Waals surface area contributed by atoms with Crippen LogP contribution in [0.2, 0.25) is 0 Å². The van der Waals surface area contributed by atoms with Gasteiger partial charge in [0.15, 0.2) is 0 Å². The van der Waals surface area contributed by atoms with Gasteiger partial charge in [-0.15, -0.1) is 0 Å². The van der Waals surface area contributed by atoms with Crippen molar-refractivity contribution in [2.75, 3.05) is 25.0 Å². The Balaban J connectivity index is 1.75. The van der Waals surface area contributed by atoms with Gasteiger partial charge >= 0.3 is 0 Å². The molecule has 2 aromatic carbocycles. The average Bonchev–Trinajstić information content (AvgIpc) is 2.58. The highest BCUT2D eigenvalue weighted by Gasteiger charge is 2.25. The summed E-state index contributed by atoms with van der Waals surface area (Å²) in [5.74, 6) is 0.0605. The first kappa shape index (κ1) is 15.6. The van der Waals surface area contributed by atoms with Gasteiger partial charge < -0.3 is 16.0 Å². The van der Waals surface area contributed by atoms with Crippen molar-refractivity contribution < 1.29 is 4.79 Å². The minimum Gasteiger partial charge on any atom is -0.374 e. The molecule has 1 amide bonds. The van der Waals surface area contributed by atoms with Crippen LogP contribution in [0.3, 0.4) is 0 Å². The van der Waals surface area contributed by atoms with E-state index in [0.717, 1.165) is 25.1 Å². The summed E-state index contributed by atoms with van der Waals surface area (Å²) < 4.78 is 0. The molecule has 0 bridgehead atoms. The fourth-order valence-electron chi connectivity index (χ4n) is 3.31. The average molecular weight is 309 g/mol. The van der Waals surface area contributed by atoms with Crippen LogP contribution < -0.4 is 16.0 Å². The molecule has 4 nitrogen and oxygen atoms in total. The van der Waals surface area contributed by atoms with Crippen molar-refractivity contribution >= 4 is 11.6 Å². The molecule has 1 heterocycles. The lowest BCUT2D eigenvalue weighted by atomic mass is 9.89. The van der Waals surface area contributed by atoms with Crippen LogP contribution >= 0.6 is 0 Å². The molecule has 4 heteroatoms. The maximum absolute atomic E-state index is 11.8. The highest BCUT2D eigenvalue weighted by molar-refractivity contribution is 5.81. The Morgan fingerprint density at radius 1 is 1.22 bits per heavy atom. The van der Waals surface area contributed by atoms with E-state index in [1.807, 2.05) is 30.3 Å². The van der Waals surface area contributed by atoms with Crippen LogP contribution in [0.4, 0.5) is 5.69 Å². The van der Waals surface area contributed by atoms with Gasteiger partial charge in [0.1, 0.15) is 6.04 Å². The number of carbonyl (C=O) groups is 1. The first-order valence-electron chi connectivity index (χ1n) is 8.04. The number of hydrogen-bond acceptors (Lipinski definition) is 3. The van der Waals surface area contributed by atoms with E-state index in [0.29, 0.717) is 5.92 Å². The van der Waals surface area contributed by atoms with Crippen molar-refractivity contribution in [2.24, 2.45) is 5.73 Å². The first-order valence-corrected chi connectivity index (χ1v) is 8.04. The Bertz CT molecular complexity index is 671. The predicted molar refractivity (Wildman–Crippen MR) is 93.5 cm³/mol. The Labute approximate surface area is 137 Å². The Hall–Kier alpha value is -2.33. The van der Waals surface area contributed by atoms with E-state index >= 15 is 0 Å². The lowest BCUT2D eigenvalue weighted by Crippen LogP contribution is -2.38. The Morgan fingerprint density at radius 3 is 2.65 bits per heavy atom. The van der Waals surface area contributed by atoms with E-state index in [1.165, 1.54) is 11.3 Å². The number of anilines is 1. The molecular weight excluding hydrogens is 286 g/mol. The summed E-state index contributed by atoms with van der Waals surface area (Å²) >= 11 is 0. The molecule has 0 unspecified atom stereocenters. The summed E-state index contributed by atoms with van der Waals surface area (Å²) in [7, 11) is 2.12. The molecule has 2 atom stereocenters. The third-order valence-electron chi connectivity index (χ3n) is 4.59. The highest BCUT2D eigenvalue weighted by atomic mass is 16.1. The number of amides is 1. The molecule has 0 saturated heterocycles. The van der Waals surface area contributed by atoms with E-state index in [4.69, 9.17) is 5.73 Å². The zero-order valence-electron chi connectivity index (χ0n) is 13.4. The number of nitrogens with zero attached hydrogens (tertiary/aromatic N) is 1. The molecule has 3 N–H and O–H groups in total. The molecule has 0 spiro atoms. The normalized spacial score (nSPS) is 18.3. The number of carbonyl (C=O) groups excluding carboxylic acids is 1. The fraction of sp³-hybridized carbons (Fsp3) is 0.316. The van der Waals surface area contributed by atoms with Gasteiger partial charge in [0, 0.05) is 31.7 Å². The summed E-state index contributed by atoms with van der Waals surface area (Å²) in [6, 6.07) is 17.7. The number of fused-ring (bicyclic) bond motifs is 1. The van der Waals surface area contributed by atoms with Gasteiger partial charge in [-0.05, 0) is 23.6 Å². The van der Waals surface area contributed by atoms with E-state index in [2.05, 4.69) is 41.5 Å². The van der Waals surface area contributed by atoms with Crippen molar-refractivity contribution in [1.29, 1.82) is 0 Å². The van der Waals surface area contributed by atoms with Crippen LogP contribution in [0.25, 0.3) is 0 Å². The summed E-state index contributed by atoms with van der Waals surface area (Å²) in [5.41, 5.74) is 9.13. The van der Waals surface area contributed by atoms with Gasteiger partial charge in [-0.1, -0.05) is 48.5 Å². The summed E-state index contributed by atoms with van der Waals surface area (Å²) in [4.78, 5) is 14.1. The topological polar surface area (TPSA) is 58.4 Å². The number of rotatable bonds is 5. The van der Waals surface area contributed by atoms with E-state index < -0.39 is 6.04 Å². The van der Waals surface area contributed by atoms with Crippen molar-refractivity contribution in [3.63, 3.8) is 0 Å². The minimum atomic E-state index is -0.442. The molecule has 120 valence electrons. The summed E-state index contributed by atoms with van der Waals surface area (Å²) in [6.07, 6.45) is 1.07. The highest BCUT2D eigenvalue weighted by Crippen LogP contribution is 2.34. The number of para-hydroxylation sites is 1. The van der Waals surface area contributed by atoms with Gasteiger partial charge in [-0.2, -0.15) is 0 Å². The second kappa shape index (κ2) is 6.84. The SMILES string of the molecule is CN1CC[C@@H](CN[C@@H](C(N)=O)c2ccccc2)c2ccccc21. The van der Waals surface area contributed by atoms with Gasteiger partial charge in [0.25, 0.3) is 0 Å². The Morgan fingerprint density at radius 2 is 1.91 bits per heavy atom. The van der Waals surface area contributed by atoms with E-state index in [9.17, 15) is 4.79 Å². The molecule has 23 heavy (non-hydrogen) atoms. The standard InChI is InChI=1S/C19H23N3O/c1-22-12-11-15(16-9-5-6-10-17(16)22)13-21-18(19(20)23)14-7-3-2-4-8-14/h2-10,15,18,21H,11-13H2,1H3,(H2,20,23)/t15-,18+/m0/s1. The van der Waals surface area contributed by atoms with Gasteiger partial charge in [-0.25, -0.2) is 0 Å². The van der Waals surface area contributed by atoms with Crippen molar-refractivity contribution in [3.05, 3.63) is 65.7 Å². The quantitative estimate of drug-likeness (QED) is 0.892. The predicted octanol–water partition coefficient (Wildman–Crippen LogP) is 2.43. The zero-order chi connectivity index (χ0) is 16.2. The van der Waals surface area contributed by atoms with Gasteiger partial charge in [0.2, 0.25) is 5.91 Å². The van der Waals surface area contributed by atoms with Crippen LogP contribution in [0.1, 0.15) is 29.5 Å². The molecule has 1 aliphatic rings. The van der Waals surface area contributed by atoms with Crippen LogP contribution in [0.5, 0.6) is 0 Å². The maximum Gasteiger partial charge on any atom is 0.239 e. The molecular formula is C19H23N3O. The number of benzene rings is 2. The lowest BCUT2D eigenvalue weighted by Gasteiger charge is -2.34. The van der Waals surface area contributed by atoms with Crippen molar-refractivity contribution in [2.45, 2.75) is 18.4 Å². The molecule has 3 rings (SSSR count). The maximum atomic E-state index is 11.8. The molecule has 2 aromatic rings. The largest absolute Gasteiger partial charge is 0.374 e. The second-order valence-electron chi connectivity index (χ2n) is 6.12. The third-order valence-corrected chi connectivity index (χ3v) is 4.59. The smallest absolute Gasteiger partial charge is 0.239 e. The zero-order valence-corrected chi connectivity index (χ0v) is 13.4. The molecule has 0 fully saturated rings. The molecule has 0 aliphatic carbocycles. The number of hydrogen-bond donors (Lipinski definition) is 2. The molecule has 0 radical (unpaired) electrons. The Kier molecular flexibility index (Phi) is 4.63. The lowest BCUT2D eigenvalue weighted by molar-refractivity contribution is -0.120. The minimum absolute atomic E-state index is 0.336. The third kappa shape index (κ3) is 3.37. The van der Waals surface area contributed by atoms with E-state index in [-0.39, 0.29) is 5.91 Å². The van der Waals surface area contributed by atoms with Crippen molar-refractivity contribution in [1.82, 2.24) is 5.32 Å². The number of nitrogens with one attached hydrogen (secondary N) is 1. The van der Waals surface area contributed by atoms with E-state index in [1.54, 1.807) is 0 Å². The monoisotopic (exact) mass is 309 g/mol. The fourth-order valence-corrected chi connectivity index (χ4v) is 3.31. The van der Waals surface area contributed by atoms with Gasteiger partial charge in [-0.3, -0.25) is 4.79 Å². The van der Waals surface area contributed by atoms with Crippen LogP contribution in [0, 0.1) is 0 Å². The van der Waals surface area contributed by atoms with Crippen LogP contribution in [-0.4, -0.2) is 26.0 Å². The molecule has 1 aliphatic heterocycles. The summed E-state index contributed by atoms with van der Waals surface area (Å²) in [6.45, 7) is 1.77. The van der Waals surface area contributed by atoms with Gasteiger partial charge in [0.05, 0.1) is 0 Å². The number of nitrogens with two attached hydrogens (primary N) is 1. The molecule has 0 aromatic heterocycles.